The zero-order valence-electron chi connectivity index (χ0n) is 35.3. The summed E-state index contributed by atoms with van der Waals surface area (Å²) < 4.78 is 17.5. The van der Waals surface area contributed by atoms with Gasteiger partial charge in [-0.05, 0) is 143 Å². The molecule has 17 nitrogen and oxygen atoms in total. The third kappa shape index (κ3) is 19.4. The second-order valence-electron chi connectivity index (χ2n) is 14.0. The van der Waals surface area contributed by atoms with E-state index in [2.05, 4.69) is 106 Å². The predicted octanol–water partition coefficient (Wildman–Crippen LogP) is 9.16. The number of pyridine rings is 3. The van der Waals surface area contributed by atoms with E-state index in [1.807, 2.05) is 18.8 Å². The molecule has 3 aromatic rings. The van der Waals surface area contributed by atoms with E-state index in [0.717, 1.165) is 54.1 Å². The fourth-order valence-electron chi connectivity index (χ4n) is 5.68. The average Bonchev–Trinajstić information content (AvgIpc) is 3.23. The van der Waals surface area contributed by atoms with E-state index in [-0.39, 0.29) is 50.9 Å². The SMILES string of the molecule is C.C.COc1nc(/C(N)=N/O)ccc1Br.COc1nc(/C(N)=N/OCC(=O)C2CCC2)ccc1Br.COc1nc(C2=NC(C3CCC3)CON2)ccc1Br.CP=S.O=C(CBr)C1CCC1. The number of hydrogen-bond acceptors (Lipinski definition) is 16. The van der Waals surface area contributed by atoms with Crippen molar-refractivity contribution >= 4 is 112 Å². The van der Waals surface area contributed by atoms with Gasteiger partial charge in [0.15, 0.2) is 29.9 Å². The number of hydrogen-bond donors (Lipinski definition) is 4. The van der Waals surface area contributed by atoms with E-state index in [1.165, 1.54) is 39.9 Å². The van der Waals surface area contributed by atoms with Crippen LogP contribution in [0.5, 0.6) is 17.6 Å². The summed E-state index contributed by atoms with van der Waals surface area (Å²) in [5.41, 5.74) is 15.5. The molecular weight excluding hydrogens is 1140 g/mol. The van der Waals surface area contributed by atoms with Crippen LogP contribution in [0.15, 0.2) is 65.1 Å². The summed E-state index contributed by atoms with van der Waals surface area (Å²) >= 11 is 17.4. The van der Waals surface area contributed by atoms with Crippen molar-refractivity contribution in [3.05, 3.63) is 66.9 Å². The zero-order valence-corrected chi connectivity index (χ0v) is 43.3. The summed E-state index contributed by atoms with van der Waals surface area (Å²) in [5.74, 6) is 3.77. The van der Waals surface area contributed by atoms with Gasteiger partial charge >= 0.3 is 0 Å². The molecule has 23 heteroatoms. The van der Waals surface area contributed by atoms with E-state index in [0.29, 0.717) is 68.9 Å². The summed E-state index contributed by atoms with van der Waals surface area (Å²) in [7, 11) is 5.60. The minimum Gasteiger partial charge on any atom is -0.480 e. The molecule has 3 saturated carbocycles. The van der Waals surface area contributed by atoms with Gasteiger partial charge in [-0.15, -0.1) is 0 Å². The van der Waals surface area contributed by atoms with Crippen molar-refractivity contribution in [1.29, 1.82) is 0 Å². The molecule has 1 unspecified atom stereocenters. The fraction of sp³-hybridized carbons (Fsp3) is 0.524. The largest absolute Gasteiger partial charge is 0.480 e. The Hall–Kier alpha value is -3.40. The first-order chi connectivity index (χ1) is 30.3. The number of rotatable bonds is 13. The number of aromatic nitrogens is 3. The first-order valence-electron chi connectivity index (χ1n) is 19.7. The number of Topliss-reactive ketones (excluding diaryl/α,β-unsaturated/α-hetero) is 2. The number of hydroxylamine groups is 1. The topological polar surface area (TPSA) is 240 Å². The Morgan fingerprint density at radius 3 is 1.68 bits per heavy atom. The highest BCUT2D eigenvalue weighted by atomic mass is 79.9. The van der Waals surface area contributed by atoms with E-state index < -0.39 is 0 Å². The van der Waals surface area contributed by atoms with Crippen LogP contribution in [0.2, 0.25) is 0 Å². The Morgan fingerprint density at radius 1 is 0.800 bits per heavy atom. The summed E-state index contributed by atoms with van der Waals surface area (Å²) in [6.45, 7) is 2.51. The van der Waals surface area contributed by atoms with Crippen LogP contribution in [0, 0.1) is 17.8 Å². The number of halogens is 4. The average molecular weight is 1200 g/mol. The molecule has 0 bridgehead atoms. The lowest BCUT2D eigenvalue weighted by atomic mass is 9.80. The summed E-state index contributed by atoms with van der Waals surface area (Å²) in [5, 5.41) is 15.5. The minimum atomic E-state index is -0.0502. The van der Waals surface area contributed by atoms with Crippen LogP contribution >= 0.6 is 71.1 Å². The quantitative estimate of drug-likeness (QED) is 0.0312. The Bertz CT molecular complexity index is 2060. The standard InChI is InChI=1S/C13H16BrN3O3.C13H16BrN3O2.C7H8BrN3O2.C6H9BrO.CH3PS.2CH4/c1-19-13-9(14)5-6-10(16-13)12(15)17-20-7-11(18)8-3-2-4-8;1-18-13-9(14)5-6-10(16-13)12-15-11(7-19-17-12)8-3-2-4-8;1-13-7-4(8)2-3-5(10-7)6(9)11-12;7-4-6(8)5-2-1-3-5;1-2-3;;/h5-6,8H,2-4,7H2,1H3,(H2,15,17);5-6,8,11H,2-4,7H2,1H3,(H,15,17);2-3,12H,1H3,(H2,9,11);5H,1-4H2;1H3;2*1H4. The van der Waals surface area contributed by atoms with Gasteiger partial charge in [0.25, 0.3) is 0 Å². The van der Waals surface area contributed by atoms with Gasteiger partial charge in [0.1, 0.15) is 22.9 Å². The highest BCUT2D eigenvalue weighted by Gasteiger charge is 2.30. The van der Waals surface area contributed by atoms with Crippen molar-refractivity contribution in [2.24, 2.45) is 44.5 Å². The smallest absolute Gasteiger partial charge is 0.228 e. The lowest BCUT2D eigenvalue weighted by molar-refractivity contribution is -0.129. The number of ether oxygens (including phenoxy) is 3. The maximum Gasteiger partial charge on any atom is 0.228 e. The number of aliphatic imine (C=N–C) groups is 1. The number of nitrogens with one attached hydrogen (secondary N) is 1. The molecule has 1 aliphatic heterocycles. The van der Waals surface area contributed by atoms with Gasteiger partial charge in [0.2, 0.25) is 17.6 Å². The van der Waals surface area contributed by atoms with Crippen LogP contribution in [-0.4, -0.2) is 102 Å². The Morgan fingerprint density at radius 2 is 1.26 bits per heavy atom. The first kappa shape index (κ1) is 59.6. The monoisotopic (exact) mass is 1200 g/mol. The Labute approximate surface area is 422 Å². The predicted molar refractivity (Wildman–Crippen MR) is 274 cm³/mol. The Balaban J connectivity index is 0.000000437. The molecule has 3 fully saturated rings. The molecule has 1 atom stereocenters. The van der Waals surface area contributed by atoms with Crippen LogP contribution < -0.4 is 31.2 Å². The third-order valence-corrected chi connectivity index (χ3v) is 12.3. The van der Waals surface area contributed by atoms with Crippen molar-refractivity contribution in [2.45, 2.75) is 78.7 Å². The maximum atomic E-state index is 11.6. The van der Waals surface area contributed by atoms with Crippen molar-refractivity contribution in [3.63, 3.8) is 0 Å². The second-order valence-corrected chi connectivity index (χ2v) is 18.5. The zero-order chi connectivity index (χ0) is 46.3. The van der Waals surface area contributed by atoms with E-state index >= 15 is 0 Å². The lowest BCUT2D eigenvalue weighted by Gasteiger charge is -2.33. The Kier molecular flexibility index (Phi) is 29.7. The van der Waals surface area contributed by atoms with Crippen molar-refractivity contribution in [2.75, 3.05) is 46.5 Å². The molecule has 3 aromatic heterocycles. The third-order valence-electron chi connectivity index (χ3n) is 9.93. The van der Waals surface area contributed by atoms with Crippen LogP contribution in [0.25, 0.3) is 0 Å². The van der Waals surface area contributed by atoms with Crippen molar-refractivity contribution < 1.29 is 38.7 Å². The van der Waals surface area contributed by atoms with Gasteiger partial charge < -0.3 is 35.7 Å². The van der Waals surface area contributed by atoms with Gasteiger partial charge in [0, 0.05) is 11.8 Å². The number of carbonyl (C=O) groups is 2. The normalized spacial score (nSPS) is 16.7. The van der Waals surface area contributed by atoms with E-state index in [9.17, 15) is 9.59 Å². The van der Waals surface area contributed by atoms with Gasteiger partial charge in [-0.1, -0.05) is 72.2 Å². The van der Waals surface area contributed by atoms with Crippen LogP contribution in [0.4, 0.5) is 0 Å². The van der Waals surface area contributed by atoms with Crippen molar-refractivity contribution in [1.82, 2.24) is 20.4 Å². The highest BCUT2D eigenvalue weighted by Crippen LogP contribution is 2.33. The van der Waals surface area contributed by atoms with Crippen LogP contribution in [0.3, 0.4) is 0 Å². The molecular formula is C42H60Br4N9O8PS. The molecule has 0 spiro atoms. The number of alkyl halides is 1. The molecule has 0 radical (unpaired) electrons. The molecule has 3 aliphatic carbocycles. The number of ketones is 2. The number of methoxy groups -OCH3 is 3. The van der Waals surface area contributed by atoms with Crippen LogP contribution in [0.1, 0.15) is 89.7 Å². The summed E-state index contributed by atoms with van der Waals surface area (Å²) in [6, 6.07) is 10.8. The molecule has 7 rings (SSSR count). The molecule has 0 amide bonds. The van der Waals surface area contributed by atoms with Crippen LogP contribution in [-0.2, 0) is 31.1 Å². The van der Waals surface area contributed by atoms with Gasteiger partial charge in [0.05, 0.1) is 52.7 Å². The number of oxime groups is 2. The molecule has 4 aliphatic rings. The molecule has 360 valence electrons. The van der Waals surface area contributed by atoms with Gasteiger partial charge in [-0.3, -0.25) is 19.4 Å². The molecule has 0 saturated heterocycles. The number of amidine groups is 3. The van der Waals surface area contributed by atoms with E-state index in [4.69, 9.17) is 45.6 Å². The number of nitrogens with zero attached hydrogens (tertiary/aromatic N) is 6. The van der Waals surface area contributed by atoms with Gasteiger partial charge in [-0.2, -0.15) is 0 Å². The highest BCUT2D eigenvalue weighted by molar-refractivity contribution is 9.11. The minimum absolute atomic E-state index is 0. The molecule has 4 heterocycles. The van der Waals surface area contributed by atoms with Crippen molar-refractivity contribution in [3.8, 4) is 17.6 Å². The summed E-state index contributed by atoms with van der Waals surface area (Å²) in [6.07, 6.45) is 10.3. The van der Waals surface area contributed by atoms with E-state index in [1.54, 1.807) is 31.4 Å². The molecule has 65 heavy (non-hydrogen) atoms. The number of nitrogens with two attached hydrogens (primary N) is 2. The first-order valence-corrected chi connectivity index (χ1v) is 25.5. The maximum absolute atomic E-state index is 11.6. The molecule has 0 aromatic carbocycles. The fourth-order valence-corrected chi connectivity index (χ4v) is 7.28. The number of carbonyl (C=O) groups excluding carboxylic acids is 2. The lowest BCUT2D eigenvalue weighted by Crippen LogP contribution is -2.41. The molecule has 6 N–H and O–H groups in total. The van der Waals surface area contributed by atoms with Gasteiger partial charge in [-0.25, -0.2) is 20.4 Å². The summed E-state index contributed by atoms with van der Waals surface area (Å²) in [4.78, 5) is 50.1. The second kappa shape index (κ2) is 32.3.